The molecule has 0 saturated carbocycles. The van der Waals surface area contributed by atoms with Gasteiger partial charge in [-0.2, -0.15) is 0 Å². The Hall–Kier alpha value is -2.95. The molecular weight excluding hydrogens is 304 g/mol. The lowest BCUT2D eigenvalue weighted by Crippen LogP contribution is -2.25. The molecule has 5 heteroatoms. The maximum Gasteiger partial charge on any atom is 0.251 e. The highest BCUT2D eigenvalue weighted by Crippen LogP contribution is 2.32. The fraction of sp³-hybridized carbons (Fsp3) is 0.211. The number of hydrogen-bond acceptors (Lipinski definition) is 3. The Balaban J connectivity index is 1.38. The molecule has 2 aromatic carbocycles. The van der Waals surface area contributed by atoms with E-state index in [9.17, 15) is 4.79 Å². The average molecular weight is 322 g/mol. The van der Waals surface area contributed by atoms with Gasteiger partial charge in [0.05, 0.1) is 0 Å². The van der Waals surface area contributed by atoms with Gasteiger partial charge in [-0.05, 0) is 60.7 Å². The normalized spacial score (nSPS) is 12.5. The monoisotopic (exact) mass is 322 g/mol. The molecule has 0 radical (unpaired) electrons. The maximum absolute atomic E-state index is 12.2. The molecule has 2 N–H and O–H groups in total. The first-order valence-electron chi connectivity index (χ1n) is 7.95. The first-order chi connectivity index (χ1) is 11.7. The van der Waals surface area contributed by atoms with Gasteiger partial charge in [-0.15, -0.1) is 0 Å². The summed E-state index contributed by atoms with van der Waals surface area (Å²) in [5, 5.41) is 4.15. The SMILES string of the molecule is Cc1cc2cc(CCNC(=O)c3ccc4c(c3)OCO4)ccc2[nH]1. The van der Waals surface area contributed by atoms with E-state index in [2.05, 4.69) is 34.6 Å². The Kier molecular flexibility index (Phi) is 3.61. The predicted octanol–water partition coefficient (Wildman–Crippen LogP) is 3.18. The Labute approximate surface area is 139 Å². The van der Waals surface area contributed by atoms with Crippen LogP contribution in [0.2, 0.25) is 0 Å². The van der Waals surface area contributed by atoms with E-state index in [4.69, 9.17) is 9.47 Å². The Morgan fingerprint density at radius 1 is 1.12 bits per heavy atom. The lowest BCUT2D eigenvalue weighted by atomic mass is 10.1. The van der Waals surface area contributed by atoms with Crippen LogP contribution in [-0.2, 0) is 6.42 Å². The van der Waals surface area contributed by atoms with Crippen molar-refractivity contribution in [3.63, 3.8) is 0 Å². The van der Waals surface area contributed by atoms with E-state index in [0.29, 0.717) is 23.6 Å². The molecule has 0 atom stereocenters. The molecule has 1 amide bonds. The third-order valence-corrected chi connectivity index (χ3v) is 4.15. The van der Waals surface area contributed by atoms with Gasteiger partial charge in [0, 0.05) is 23.3 Å². The third kappa shape index (κ3) is 2.80. The summed E-state index contributed by atoms with van der Waals surface area (Å²) in [4.78, 5) is 15.5. The molecule has 0 aliphatic carbocycles. The Morgan fingerprint density at radius 2 is 2.00 bits per heavy atom. The van der Waals surface area contributed by atoms with Crippen LogP contribution in [0.5, 0.6) is 11.5 Å². The van der Waals surface area contributed by atoms with E-state index in [1.807, 2.05) is 6.92 Å². The van der Waals surface area contributed by atoms with E-state index in [1.165, 1.54) is 10.9 Å². The standard InChI is InChI=1S/C19H18N2O3/c1-12-8-15-9-13(2-4-16(15)21-12)6-7-20-19(22)14-3-5-17-18(10-14)24-11-23-17/h2-5,8-10,21H,6-7,11H2,1H3,(H,20,22). The highest BCUT2D eigenvalue weighted by Gasteiger charge is 2.15. The van der Waals surface area contributed by atoms with Crippen LogP contribution < -0.4 is 14.8 Å². The largest absolute Gasteiger partial charge is 0.454 e. The molecule has 0 bridgehead atoms. The first kappa shape index (κ1) is 14.6. The van der Waals surface area contributed by atoms with E-state index in [0.717, 1.165) is 17.6 Å². The van der Waals surface area contributed by atoms with Crippen LogP contribution >= 0.6 is 0 Å². The minimum Gasteiger partial charge on any atom is -0.454 e. The van der Waals surface area contributed by atoms with Crippen molar-refractivity contribution in [2.24, 2.45) is 0 Å². The first-order valence-corrected chi connectivity index (χ1v) is 7.95. The Bertz CT molecular complexity index is 914. The molecule has 1 aliphatic heterocycles. The number of hydrogen-bond donors (Lipinski definition) is 2. The van der Waals surface area contributed by atoms with Crippen molar-refractivity contribution in [1.29, 1.82) is 0 Å². The number of ether oxygens (including phenoxy) is 2. The van der Waals surface area contributed by atoms with Crippen LogP contribution in [0.3, 0.4) is 0 Å². The second-order valence-corrected chi connectivity index (χ2v) is 5.95. The number of aromatic nitrogens is 1. The van der Waals surface area contributed by atoms with Crippen LogP contribution in [-0.4, -0.2) is 24.2 Å². The molecule has 2 heterocycles. The van der Waals surface area contributed by atoms with Crippen molar-refractivity contribution in [3.05, 3.63) is 59.3 Å². The number of H-pyrrole nitrogens is 1. The number of fused-ring (bicyclic) bond motifs is 2. The molecule has 0 saturated heterocycles. The smallest absolute Gasteiger partial charge is 0.251 e. The van der Waals surface area contributed by atoms with Crippen molar-refractivity contribution in [3.8, 4) is 11.5 Å². The number of aryl methyl sites for hydroxylation is 1. The van der Waals surface area contributed by atoms with E-state index < -0.39 is 0 Å². The van der Waals surface area contributed by atoms with Gasteiger partial charge in [-0.3, -0.25) is 4.79 Å². The number of carbonyl (C=O) groups is 1. The number of amides is 1. The van der Waals surface area contributed by atoms with Gasteiger partial charge in [-0.1, -0.05) is 6.07 Å². The topological polar surface area (TPSA) is 63.4 Å². The summed E-state index contributed by atoms with van der Waals surface area (Å²) in [7, 11) is 0. The van der Waals surface area contributed by atoms with Gasteiger partial charge in [0.2, 0.25) is 6.79 Å². The minimum absolute atomic E-state index is 0.105. The third-order valence-electron chi connectivity index (χ3n) is 4.15. The molecule has 5 nitrogen and oxygen atoms in total. The molecule has 122 valence electrons. The molecule has 1 aromatic heterocycles. The van der Waals surface area contributed by atoms with Crippen molar-refractivity contribution in [2.75, 3.05) is 13.3 Å². The van der Waals surface area contributed by atoms with Crippen molar-refractivity contribution >= 4 is 16.8 Å². The highest BCUT2D eigenvalue weighted by molar-refractivity contribution is 5.95. The second kappa shape index (κ2) is 5.92. The number of benzene rings is 2. The zero-order valence-corrected chi connectivity index (χ0v) is 13.4. The summed E-state index contributed by atoms with van der Waals surface area (Å²) < 4.78 is 10.6. The van der Waals surface area contributed by atoms with Crippen molar-refractivity contribution in [1.82, 2.24) is 10.3 Å². The van der Waals surface area contributed by atoms with E-state index in [1.54, 1.807) is 18.2 Å². The Morgan fingerprint density at radius 3 is 2.92 bits per heavy atom. The van der Waals surface area contributed by atoms with Gasteiger partial charge in [0.15, 0.2) is 11.5 Å². The lowest BCUT2D eigenvalue weighted by Gasteiger charge is -2.06. The summed E-state index contributed by atoms with van der Waals surface area (Å²) in [6.45, 7) is 2.84. The van der Waals surface area contributed by atoms with Gasteiger partial charge in [0.25, 0.3) is 5.91 Å². The molecule has 4 rings (SSSR count). The van der Waals surface area contributed by atoms with Gasteiger partial charge >= 0.3 is 0 Å². The van der Waals surface area contributed by atoms with Crippen molar-refractivity contribution < 1.29 is 14.3 Å². The summed E-state index contributed by atoms with van der Waals surface area (Å²) >= 11 is 0. The maximum atomic E-state index is 12.2. The molecule has 24 heavy (non-hydrogen) atoms. The predicted molar refractivity (Wildman–Crippen MR) is 91.6 cm³/mol. The van der Waals surface area contributed by atoms with Gasteiger partial charge < -0.3 is 19.8 Å². The lowest BCUT2D eigenvalue weighted by molar-refractivity contribution is 0.0953. The zero-order chi connectivity index (χ0) is 16.5. The van der Waals surface area contributed by atoms with Crippen LogP contribution in [0.1, 0.15) is 21.6 Å². The molecule has 1 aliphatic rings. The summed E-state index contributed by atoms with van der Waals surface area (Å²) in [5.74, 6) is 1.20. The minimum atomic E-state index is -0.105. The van der Waals surface area contributed by atoms with E-state index in [-0.39, 0.29) is 12.7 Å². The fourth-order valence-electron chi connectivity index (χ4n) is 2.94. The zero-order valence-electron chi connectivity index (χ0n) is 13.4. The van der Waals surface area contributed by atoms with Crippen molar-refractivity contribution in [2.45, 2.75) is 13.3 Å². The number of aromatic amines is 1. The summed E-state index contributed by atoms with van der Waals surface area (Å²) in [6.07, 6.45) is 0.788. The fourth-order valence-corrected chi connectivity index (χ4v) is 2.94. The number of rotatable bonds is 4. The van der Waals surface area contributed by atoms with Gasteiger partial charge in [0.1, 0.15) is 0 Å². The molecular formula is C19H18N2O3. The highest BCUT2D eigenvalue weighted by atomic mass is 16.7. The molecule has 0 spiro atoms. The van der Waals surface area contributed by atoms with Crippen LogP contribution in [0.25, 0.3) is 10.9 Å². The van der Waals surface area contributed by atoms with E-state index >= 15 is 0 Å². The summed E-state index contributed by atoms with van der Waals surface area (Å²) in [6, 6.07) is 13.7. The average Bonchev–Trinajstić information content (AvgIpc) is 3.18. The second-order valence-electron chi connectivity index (χ2n) is 5.95. The van der Waals surface area contributed by atoms with Gasteiger partial charge in [-0.25, -0.2) is 0 Å². The van der Waals surface area contributed by atoms with Crippen LogP contribution in [0, 0.1) is 6.92 Å². The van der Waals surface area contributed by atoms with Crippen LogP contribution in [0.15, 0.2) is 42.5 Å². The molecule has 3 aromatic rings. The number of nitrogens with one attached hydrogen (secondary N) is 2. The van der Waals surface area contributed by atoms with Crippen LogP contribution in [0.4, 0.5) is 0 Å². The quantitative estimate of drug-likeness (QED) is 0.775. The number of carbonyl (C=O) groups excluding carboxylic acids is 1. The molecule has 0 fully saturated rings. The molecule has 0 unspecified atom stereocenters. The summed E-state index contributed by atoms with van der Waals surface area (Å²) in [5.41, 5.74) is 4.07.